The molecule has 1 N–H and O–H groups in total. The lowest BCUT2D eigenvalue weighted by molar-refractivity contribution is 0.0423. The molecular formula is C17H34N2. The van der Waals surface area contributed by atoms with Gasteiger partial charge in [-0.2, -0.15) is 0 Å². The fourth-order valence-corrected chi connectivity index (χ4v) is 4.08. The van der Waals surface area contributed by atoms with Gasteiger partial charge in [0.05, 0.1) is 0 Å². The van der Waals surface area contributed by atoms with Crippen molar-refractivity contribution in [2.24, 2.45) is 5.41 Å². The van der Waals surface area contributed by atoms with Crippen LogP contribution < -0.4 is 5.32 Å². The molecule has 1 aliphatic carbocycles. The van der Waals surface area contributed by atoms with Gasteiger partial charge in [0.15, 0.2) is 0 Å². The number of nitrogens with zero attached hydrogens (tertiary/aromatic N) is 1. The molecule has 1 saturated carbocycles. The van der Waals surface area contributed by atoms with Crippen LogP contribution in [-0.4, -0.2) is 36.6 Å². The molecule has 0 bridgehead atoms. The molecule has 0 spiro atoms. The summed E-state index contributed by atoms with van der Waals surface area (Å²) in [6.07, 6.45) is 11.2. The Hall–Kier alpha value is -0.0800. The minimum Gasteiger partial charge on any atom is -0.313 e. The Bertz CT molecular complexity index is 256. The lowest BCUT2D eigenvalue weighted by Gasteiger charge is -2.46. The highest BCUT2D eigenvalue weighted by molar-refractivity contribution is 4.91. The lowest BCUT2D eigenvalue weighted by atomic mass is 9.72. The van der Waals surface area contributed by atoms with Crippen LogP contribution in [0.15, 0.2) is 0 Å². The van der Waals surface area contributed by atoms with Gasteiger partial charge >= 0.3 is 0 Å². The molecule has 1 heterocycles. The second-order valence-electron chi connectivity index (χ2n) is 7.39. The minimum atomic E-state index is 0.518. The highest BCUT2D eigenvalue weighted by Crippen LogP contribution is 2.39. The molecule has 2 atom stereocenters. The summed E-state index contributed by atoms with van der Waals surface area (Å²) >= 11 is 0. The van der Waals surface area contributed by atoms with Crippen molar-refractivity contribution in [3.05, 3.63) is 0 Å². The maximum absolute atomic E-state index is 3.69. The standard InChI is InChI=1S/C17H34N2/c1-4-5-13-19(14-15-9-8-12-18-15)16-10-6-7-11-17(16,2)3/h15-16,18H,4-14H2,1-3H3. The fourth-order valence-electron chi connectivity index (χ4n) is 4.08. The Morgan fingerprint density at radius 2 is 2.00 bits per heavy atom. The van der Waals surface area contributed by atoms with Crippen molar-refractivity contribution in [1.29, 1.82) is 0 Å². The molecule has 0 aromatic carbocycles. The van der Waals surface area contributed by atoms with E-state index in [9.17, 15) is 0 Å². The van der Waals surface area contributed by atoms with Gasteiger partial charge in [-0.1, -0.05) is 40.0 Å². The van der Waals surface area contributed by atoms with Crippen LogP contribution in [0, 0.1) is 5.41 Å². The van der Waals surface area contributed by atoms with Gasteiger partial charge in [-0.3, -0.25) is 4.90 Å². The Morgan fingerprint density at radius 1 is 1.16 bits per heavy atom. The molecular weight excluding hydrogens is 232 g/mol. The van der Waals surface area contributed by atoms with Crippen LogP contribution in [0.3, 0.4) is 0 Å². The smallest absolute Gasteiger partial charge is 0.0195 e. The fraction of sp³-hybridized carbons (Fsp3) is 1.00. The second kappa shape index (κ2) is 7.08. The minimum absolute atomic E-state index is 0.518. The van der Waals surface area contributed by atoms with E-state index in [-0.39, 0.29) is 0 Å². The Labute approximate surface area is 120 Å². The van der Waals surface area contributed by atoms with E-state index >= 15 is 0 Å². The zero-order valence-corrected chi connectivity index (χ0v) is 13.4. The molecule has 0 aromatic rings. The number of nitrogens with one attached hydrogen (secondary N) is 1. The first-order valence-electron chi connectivity index (χ1n) is 8.61. The van der Waals surface area contributed by atoms with Crippen molar-refractivity contribution in [2.45, 2.75) is 84.2 Å². The molecule has 112 valence electrons. The predicted molar refractivity (Wildman–Crippen MR) is 83.5 cm³/mol. The number of hydrogen-bond donors (Lipinski definition) is 1. The first-order valence-corrected chi connectivity index (χ1v) is 8.61. The highest BCUT2D eigenvalue weighted by Gasteiger charge is 2.36. The molecule has 1 aliphatic heterocycles. The molecule has 2 nitrogen and oxygen atoms in total. The van der Waals surface area contributed by atoms with E-state index in [2.05, 4.69) is 31.0 Å². The third kappa shape index (κ3) is 4.19. The van der Waals surface area contributed by atoms with E-state index in [0.29, 0.717) is 5.41 Å². The topological polar surface area (TPSA) is 15.3 Å². The van der Waals surface area contributed by atoms with E-state index in [1.165, 1.54) is 71.0 Å². The van der Waals surface area contributed by atoms with E-state index in [1.54, 1.807) is 0 Å². The van der Waals surface area contributed by atoms with Crippen LogP contribution >= 0.6 is 0 Å². The Balaban J connectivity index is 1.97. The monoisotopic (exact) mass is 266 g/mol. The van der Waals surface area contributed by atoms with Crippen molar-refractivity contribution < 1.29 is 0 Å². The van der Waals surface area contributed by atoms with Crippen LogP contribution in [0.2, 0.25) is 0 Å². The summed E-state index contributed by atoms with van der Waals surface area (Å²) in [7, 11) is 0. The highest BCUT2D eigenvalue weighted by atomic mass is 15.2. The van der Waals surface area contributed by atoms with Gasteiger partial charge in [0.1, 0.15) is 0 Å². The van der Waals surface area contributed by atoms with E-state index in [4.69, 9.17) is 0 Å². The van der Waals surface area contributed by atoms with Gasteiger partial charge in [0.25, 0.3) is 0 Å². The SMILES string of the molecule is CCCCN(CC1CCCN1)C1CCCCC1(C)C. The molecule has 2 aliphatic rings. The summed E-state index contributed by atoms with van der Waals surface area (Å²) in [4.78, 5) is 2.84. The number of unbranched alkanes of at least 4 members (excludes halogenated alkanes) is 1. The maximum atomic E-state index is 3.69. The summed E-state index contributed by atoms with van der Waals surface area (Å²) in [5, 5.41) is 3.69. The second-order valence-corrected chi connectivity index (χ2v) is 7.39. The summed E-state index contributed by atoms with van der Waals surface area (Å²) in [5.74, 6) is 0. The molecule has 0 aromatic heterocycles. The molecule has 0 amide bonds. The summed E-state index contributed by atoms with van der Waals surface area (Å²) in [6.45, 7) is 11.1. The van der Waals surface area contributed by atoms with Crippen LogP contribution in [0.5, 0.6) is 0 Å². The van der Waals surface area contributed by atoms with Crippen molar-refractivity contribution in [2.75, 3.05) is 19.6 Å². The zero-order chi connectivity index (χ0) is 13.7. The molecule has 2 heteroatoms. The van der Waals surface area contributed by atoms with Crippen LogP contribution in [0.1, 0.15) is 72.1 Å². The van der Waals surface area contributed by atoms with Gasteiger partial charge in [-0.05, 0) is 50.6 Å². The largest absolute Gasteiger partial charge is 0.313 e. The molecule has 1 saturated heterocycles. The number of hydrogen-bond acceptors (Lipinski definition) is 2. The summed E-state index contributed by atoms with van der Waals surface area (Å²) in [6, 6.07) is 1.57. The lowest BCUT2D eigenvalue weighted by Crippen LogP contribution is -2.51. The van der Waals surface area contributed by atoms with E-state index < -0.39 is 0 Å². The van der Waals surface area contributed by atoms with Crippen LogP contribution in [0.4, 0.5) is 0 Å². The first-order chi connectivity index (χ1) is 9.13. The van der Waals surface area contributed by atoms with Crippen molar-refractivity contribution in [3.63, 3.8) is 0 Å². The molecule has 2 fully saturated rings. The van der Waals surface area contributed by atoms with Crippen molar-refractivity contribution >= 4 is 0 Å². The molecule has 2 rings (SSSR count). The molecule has 19 heavy (non-hydrogen) atoms. The van der Waals surface area contributed by atoms with E-state index in [0.717, 1.165) is 12.1 Å². The average molecular weight is 266 g/mol. The third-order valence-electron chi connectivity index (χ3n) is 5.31. The van der Waals surface area contributed by atoms with Crippen molar-refractivity contribution in [3.8, 4) is 0 Å². The van der Waals surface area contributed by atoms with Crippen LogP contribution in [0.25, 0.3) is 0 Å². The quantitative estimate of drug-likeness (QED) is 0.786. The Kier molecular flexibility index (Phi) is 5.70. The number of rotatable bonds is 6. The summed E-state index contributed by atoms with van der Waals surface area (Å²) in [5.41, 5.74) is 0.518. The van der Waals surface area contributed by atoms with E-state index in [1.807, 2.05) is 0 Å². The normalized spacial score (nSPS) is 30.9. The third-order valence-corrected chi connectivity index (χ3v) is 5.31. The zero-order valence-electron chi connectivity index (χ0n) is 13.4. The van der Waals surface area contributed by atoms with Crippen LogP contribution in [-0.2, 0) is 0 Å². The first kappa shape index (κ1) is 15.3. The van der Waals surface area contributed by atoms with Gasteiger partial charge in [-0.25, -0.2) is 0 Å². The molecule has 0 radical (unpaired) electrons. The summed E-state index contributed by atoms with van der Waals surface area (Å²) < 4.78 is 0. The predicted octanol–water partition coefficient (Wildman–Crippen LogP) is 3.81. The van der Waals surface area contributed by atoms with Gasteiger partial charge in [0.2, 0.25) is 0 Å². The van der Waals surface area contributed by atoms with Crippen molar-refractivity contribution in [1.82, 2.24) is 10.2 Å². The van der Waals surface area contributed by atoms with Gasteiger partial charge in [-0.15, -0.1) is 0 Å². The molecule has 2 unspecified atom stereocenters. The average Bonchev–Trinajstić information content (AvgIpc) is 2.87. The van der Waals surface area contributed by atoms with Gasteiger partial charge in [0, 0.05) is 18.6 Å². The maximum Gasteiger partial charge on any atom is 0.0195 e. The Morgan fingerprint density at radius 3 is 2.63 bits per heavy atom. The van der Waals surface area contributed by atoms with Gasteiger partial charge < -0.3 is 5.32 Å².